The van der Waals surface area contributed by atoms with Crippen LogP contribution in [-0.4, -0.2) is 12.4 Å². The normalized spacial score (nSPS) is 10.8. The van der Waals surface area contributed by atoms with Gasteiger partial charge >= 0.3 is 0 Å². The number of hydrogen-bond acceptors (Lipinski definition) is 4. The number of fused-ring (bicyclic) bond motifs is 1. The number of carbonyl (C=O) groups excluding carboxylic acids is 1. The number of ketones is 1. The minimum atomic E-state index is -0.301. The molecule has 0 amide bonds. The van der Waals surface area contributed by atoms with E-state index in [4.69, 9.17) is 32.4 Å². The standard InChI is InChI=1S/C18H12Cl2O4/c1-10-16(7-6-13-17(22)14(20)8-24-18(10)13)23-9-15(21)11-2-4-12(19)5-3-11/h2-8H,9H2,1H3. The molecule has 0 fully saturated rings. The Bertz CT molecular complexity index is 975. The number of carbonyl (C=O) groups is 1. The Morgan fingerprint density at radius 3 is 2.54 bits per heavy atom. The zero-order chi connectivity index (χ0) is 17.3. The van der Waals surface area contributed by atoms with Gasteiger partial charge in [0.15, 0.2) is 12.4 Å². The zero-order valence-electron chi connectivity index (χ0n) is 12.6. The third-order valence-electron chi connectivity index (χ3n) is 3.62. The second-order valence-corrected chi connectivity index (χ2v) is 6.04. The van der Waals surface area contributed by atoms with Crippen molar-refractivity contribution in [3.63, 3.8) is 0 Å². The summed E-state index contributed by atoms with van der Waals surface area (Å²) >= 11 is 11.6. The lowest BCUT2D eigenvalue weighted by Crippen LogP contribution is -2.12. The van der Waals surface area contributed by atoms with Crippen LogP contribution in [0.2, 0.25) is 10.0 Å². The van der Waals surface area contributed by atoms with Crippen molar-refractivity contribution in [2.24, 2.45) is 0 Å². The van der Waals surface area contributed by atoms with Crippen LogP contribution in [0.15, 0.2) is 51.9 Å². The van der Waals surface area contributed by atoms with E-state index >= 15 is 0 Å². The van der Waals surface area contributed by atoms with E-state index in [1.54, 1.807) is 43.3 Å². The van der Waals surface area contributed by atoms with Gasteiger partial charge in [-0.1, -0.05) is 23.2 Å². The summed E-state index contributed by atoms with van der Waals surface area (Å²) in [5.41, 5.74) is 1.23. The molecule has 4 nitrogen and oxygen atoms in total. The second-order valence-electron chi connectivity index (χ2n) is 5.20. The lowest BCUT2D eigenvalue weighted by atomic mass is 10.1. The van der Waals surface area contributed by atoms with Crippen LogP contribution in [0.3, 0.4) is 0 Å². The first-order valence-corrected chi connectivity index (χ1v) is 7.85. The predicted octanol–water partition coefficient (Wildman–Crippen LogP) is 4.67. The maximum Gasteiger partial charge on any atom is 0.211 e. The molecule has 0 aliphatic heterocycles. The van der Waals surface area contributed by atoms with Gasteiger partial charge in [-0.05, 0) is 43.3 Å². The quantitative estimate of drug-likeness (QED) is 0.632. The fraction of sp³-hybridized carbons (Fsp3) is 0.111. The Kier molecular flexibility index (Phi) is 4.60. The summed E-state index contributed by atoms with van der Waals surface area (Å²) in [5, 5.41) is 0.955. The minimum Gasteiger partial charge on any atom is -0.485 e. The van der Waals surface area contributed by atoms with E-state index in [1.807, 2.05) is 0 Å². The molecular weight excluding hydrogens is 351 g/mol. The van der Waals surface area contributed by atoms with Crippen LogP contribution in [0.1, 0.15) is 15.9 Å². The molecule has 0 N–H and O–H groups in total. The first-order chi connectivity index (χ1) is 11.5. The van der Waals surface area contributed by atoms with Gasteiger partial charge in [0.1, 0.15) is 22.6 Å². The molecule has 0 spiro atoms. The van der Waals surface area contributed by atoms with Crippen molar-refractivity contribution in [2.45, 2.75) is 6.92 Å². The Morgan fingerprint density at radius 1 is 1.12 bits per heavy atom. The van der Waals surface area contributed by atoms with Gasteiger partial charge < -0.3 is 9.15 Å². The number of aryl methyl sites for hydroxylation is 1. The van der Waals surface area contributed by atoms with Crippen LogP contribution >= 0.6 is 23.2 Å². The number of halogens is 2. The molecule has 0 saturated carbocycles. The molecule has 3 aromatic rings. The maximum atomic E-state index is 12.1. The summed E-state index contributed by atoms with van der Waals surface area (Å²) < 4.78 is 11.0. The lowest BCUT2D eigenvalue weighted by Gasteiger charge is -2.10. The van der Waals surface area contributed by atoms with Gasteiger partial charge in [-0.15, -0.1) is 0 Å². The first-order valence-electron chi connectivity index (χ1n) is 7.09. The highest BCUT2D eigenvalue weighted by molar-refractivity contribution is 6.31. The Labute approximate surface area is 147 Å². The average Bonchev–Trinajstić information content (AvgIpc) is 2.58. The Morgan fingerprint density at radius 2 is 1.83 bits per heavy atom. The number of ether oxygens (including phenoxy) is 1. The summed E-state index contributed by atoms with van der Waals surface area (Å²) in [6.07, 6.45) is 1.20. The molecule has 6 heteroatoms. The number of rotatable bonds is 4. The second kappa shape index (κ2) is 6.67. The smallest absolute Gasteiger partial charge is 0.211 e. The van der Waals surface area contributed by atoms with Crippen molar-refractivity contribution < 1.29 is 13.9 Å². The summed E-state index contributed by atoms with van der Waals surface area (Å²) in [7, 11) is 0. The molecule has 1 heterocycles. The van der Waals surface area contributed by atoms with E-state index in [2.05, 4.69) is 0 Å². The van der Waals surface area contributed by atoms with Crippen molar-refractivity contribution in [1.29, 1.82) is 0 Å². The Hall–Kier alpha value is -2.30. The van der Waals surface area contributed by atoms with Crippen molar-refractivity contribution in [3.8, 4) is 5.75 Å². The molecule has 0 saturated heterocycles. The largest absolute Gasteiger partial charge is 0.485 e. The number of hydrogen-bond donors (Lipinski definition) is 0. The molecule has 1 aromatic heterocycles. The first kappa shape index (κ1) is 16.6. The highest BCUT2D eigenvalue weighted by Gasteiger charge is 2.13. The van der Waals surface area contributed by atoms with Gasteiger partial charge in [-0.25, -0.2) is 0 Å². The van der Waals surface area contributed by atoms with E-state index in [-0.39, 0.29) is 22.8 Å². The molecule has 0 atom stereocenters. The molecule has 24 heavy (non-hydrogen) atoms. The minimum absolute atomic E-state index is 0.0217. The molecular formula is C18H12Cl2O4. The summed E-state index contributed by atoms with van der Waals surface area (Å²) in [6, 6.07) is 9.77. The fourth-order valence-corrected chi connectivity index (χ4v) is 2.59. The highest BCUT2D eigenvalue weighted by atomic mass is 35.5. The molecule has 2 aromatic carbocycles. The van der Waals surface area contributed by atoms with Crippen LogP contribution in [0.5, 0.6) is 5.75 Å². The van der Waals surface area contributed by atoms with Crippen LogP contribution in [0.4, 0.5) is 0 Å². The fourth-order valence-electron chi connectivity index (χ4n) is 2.32. The zero-order valence-corrected chi connectivity index (χ0v) is 14.1. The van der Waals surface area contributed by atoms with Gasteiger partial charge in [0.05, 0.1) is 5.39 Å². The van der Waals surface area contributed by atoms with E-state index in [0.717, 1.165) is 0 Å². The van der Waals surface area contributed by atoms with Crippen molar-refractivity contribution >= 4 is 40.0 Å². The van der Waals surface area contributed by atoms with Crippen molar-refractivity contribution in [2.75, 3.05) is 6.61 Å². The molecule has 122 valence electrons. The van der Waals surface area contributed by atoms with Gasteiger partial charge in [-0.2, -0.15) is 0 Å². The summed E-state index contributed by atoms with van der Waals surface area (Å²) in [4.78, 5) is 24.1. The Balaban J connectivity index is 1.84. The van der Waals surface area contributed by atoms with E-state index in [9.17, 15) is 9.59 Å². The van der Waals surface area contributed by atoms with E-state index in [1.165, 1.54) is 6.26 Å². The highest BCUT2D eigenvalue weighted by Crippen LogP contribution is 2.26. The van der Waals surface area contributed by atoms with Gasteiger partial charge in [0.25, 0.3) is 0 Å². The molecule has 0 aliphatic carbocycles. The summed E-state index contributed by atoms with van der Waals surface area (Å²) in [6.45, 7) is 1.62. The SMILES string of the molecule is Cc1c(OCC(=O)c2ccc(Cl)cc2)ccc2c(=O)c(Cl)coc12. The van der Waals surface area contributed by atoms with Crippen LogP contribution < -0.4 is 10.2 Å². The molecule has 0 bridgehead atoms. The maximum absolute atomic E-state index is 12.1. The molecule has 3 rings (SSSR count). The topological polar surface area (TPSA) is 56.5 Å². The van der Waals surface area contributed by atoms with E-state index in [0.29, 0.717) is 32.9 Å². The van der Waals surface area contributed by atoms with Gasteiger partial charge in [0.2, 0.25) is 5.43 Å². The van der Waals surface area contributed by atoms with E-state index < -0.39 is 0 Å². The third kappa shape index (κ3) is 3.16. The van der Waals surface area contributed by atoms with Gasteiger partial charge in [-0.3, -0.25) is 9.59 Å². The predicted molar refractivity (Wildman–Crippen MR) is 93.5 cm³/mol. The lowest BCUT2D eigenvalue weighted by molar-refractivity contribution is 0.0921. The van der Waals surface area contributed by atoms with Crippen LogP contribution in [0.25, 0.3) is 11.0 Å². The van der Waals surface area contributed by atoms with Crippen molar-refractivity contribution in [1.82, 2.24) is 0 Å². The molecule has 0 unspecified atom stereocenters. The molecule has 0 aliphatic rings. The summed E-state index contributed by atoms with van der Waals surface area (Å²) in [5.74, 6) is 0.291. The number of Topliss-reactive ketones (excluding diaryl/α,β-unsaturated/α-hetero) is 1. The monoisotopic (exact) mass is 362 g/mol. The average molecular weight is 363 g/mol. The molecule has 0 radical (unpaired) electrons. The van der Waals surface area contributed by atoms with Gasteiger partial charge in [0, 0.05) is 16.1 Å². The van der Waals surface area contributed by atoms with Crippen LogP contribution in [-0.2, 0) is 0 Å². The van der Waals surface area contributed by atoms with Crippen molar-refractivity contribution in [3.05, 3.63) is 74.1 Å². The van der Waals surface area contributed by atoms with Crippen LogP contribution in [0, 0.1) is 6.92 Å². The third-order valence-corrected chi connectivity index (χ3v) is 4.14. The number of benzene rings is 2.